The predicted octanol–water partition coefficient (Wildman–Crippen LogP) is 14.9. The standard InChI is InChI=1S/C59H64N2O5.31H2/c1-4-7-10-13-16-19-22-25-28-31-34-37-40-43-46-58(63)55-61(56-59(64)47-44-41-38-35-32-29-26-23-20-17-14-11-8-5-2)49-51-66-53-52-65-50-48-60-54-57(62)45-42-39-36-33-30-27-24-21-18-15-12-9-6-3;;;;;;;;;;;;;;;;;;;;;;;;;;;;;;;/h46,57-60,62-64H,1,5,8,11,14,17,20,23,26,29,32,35,38,41,44,47-56H2,2-3H3;31*1H. The minimum atomic E-state index is -0.893. The van der Waals surface area contributed by atoms with Crippen LogP contribution in [0.15, 0.2) is 92.9 Å². The van der Waals surface area contributed by atoms with Gasteiger partial charge in [0.05, 0.1) is 38.6 Å². The number of hydrogen-bond acceptors (Lipinski definition) is 7. The average molecular weight is 944 g/mol. The molecule has 0 bridgehead atoms. The van der Waals surface area contributed by atoms with Crippen molar-refractivity contribution >= 4 is 0 Å². The minimum Gasteiger partial charge on any atom is -0.392 e. The number of aliphatic hydroxyl groups is 3. The lowest BCUT2D eigenvalue weighted by Crippen LogP contribution is -2.39. The third-order valence-electron chi connectivity index (χ3n) is 8.66. The lowest BCUT2D eigenvalue weighted by Gasteiger charge is -2.26. The van der Waals surface area contributed by atoms with Crippen molar-refractivity contribution in [2.45, 2.75) is 128 Å². The summed E-state index contributed by atoms with van der Waals surface area (Å²) in [5.41, 5.74) is 35.8. The first-order valence-electron chi connectivity index (χ1n) is 22.7. The van der Waals surface area contributed by atoms with Gasteiger partial charge in [-0.05, 0) is 166 Å². The van der Waals surface area contributed by atoms with Crippen LogP contribution in [0.3, 0.4) is 0 Å². The summed E-state index contributed by atoms with van der Waals surface area (Å²) in [4.78, 5) is 1.99. The zero-order chi connectivity index (χ0) is 47.9. The summed E-state index contributed by atoms with van der Waals surface area (Å²) in [6.45, 7) is 10.9. The zero-order valence-electron chi connectivity index (χ0n) is 39.1. The number of nitrogens with one attached hydrogen (secondary N) is 1. The van der Waals surface area contributed by atoms with Gasteiger partial charge in [-0.2, -0.15) is 0 Å². The molecule has 0 fully saturated rings. The highest BCUT2D eigenvalue weighted by Crippen LogP contribution is 2.14. The molecule has 7 heteroatoms. The van der Waals surface area contributed by atoms with E-state index in [1.807, 2.05) is 4.90 Å². The van der Waals surface area contributed by atoms with E-state index in [0.29, 0.717) is 52.5 Å². The van der Waals surface area contributed by atoms with Crippen LogP contribution >= 0.6 is 0 Å². The van der Waals surface area contributed by atoms with Crippen LogP contribution in [0.5, 0.6) is 0 Å². The smallest absolute Gasteiger partial charge is 0.128 e. The summed E-state index contributed by atoms with van der Waals surface area (Å²) in [6, 6.07) is 0. The Balaban J connectivity index is -0.0000000454. The second-order valence-corrected chi connectivity index (χ2v) is 14.2. The molecule has 3 unspecified atom stereocenters. The third-order valence-corrected chi connectivity index (χ3v) is 8.66. The predicted molar refractivity (Wildman–Crippen MR) is 329 cm³/mol. The quantitative estimate of drug-likeness (QED) is 0.0312. The Labute approximate surface area is 443 Å². The number of ether oxygens (including phenoxy) is 2. The monoisotopic (exact) mass is 943 g/mol. The molecule has 0 saturated heterocycles. The largest absolute Gasteiger partial charge is 0.392 e. The first-order valence-corrected chi connectivity index (χ1v) is 22.7. The van der Waals surface area contributed by atoms with Crippen molar-refractivity contribution in [3.63, 3.8) is 0 Å². The maximum atomic E-state index is 10.9. The van der Waals surface area contributed by atoms with Gasteiger partial charge in [-0.15, -0.1) is 0 Å². The molecule has 0 aromatic rings. The van der Waals surface area contributed by atoms with Crippen LogP contribution in [0.4, 0.5) is 0 Å². The molecule has 0 heterocycles. The Bertz CT molecular complexity index is 2520. The molecule has 0 rings (SSSR count). The summed E-state index contributed by atoms with van der Waals surface area (Å²) >= 11 is 0. The van der Waals surface area contributed by atoms with Crippen LogP contribution in [0.1, 0.15) is 154 Å². The van der Waals surface area contributed by atoms with E-state index in [9.17, 15) is 15.3 Å². The topological polar surface area (TPSA) is 94.4 Å². The van der Waals surface area contributed by atoms with E-state index in [1.165, 1.54) is 83.1 Å². The van der Waals surface area contributed by atoms with Crippen LogP contribution in [0.2, 0.25) is 0 Å². The van der Waals surface area contributed by atoms with Gasteiger partial charge >= 0.3 is 0 Å². The summed E-state index contributed by atoms with van der Waals surface area (Å²) < 4.78 is 11.4. The molecule has 0 aliphatic heterocycles. The lowest BCUT2D eigenvalue weighted by molar-refractivity contribution is 0.0243. The maximum Gasteiger partial charge on any atom is 0.128 e. The Hall–Kier alpha value is -6.70. The molecule has 0 amide bonds. The minimum absolute atomic E-state index is 0. The number of rotatable bonds is 31. The molecule has 402 valence electrons. The molecule has 3 atom stereocenters. The number of nitrogens with zero attached hydrogens (tertiary/aromatic N) is 1. The van der Waals surface area contributed by atoms with Gasteiger partial charge in [0, 0.05) is 76.9 Å². The third kappa shape index (κ3) is 48.3. The van der Waals surface area contributed by atoms with Gasteiger partial charge in [0.25, 0.3) is 0 Å². The van der Waals surface area contributed by atoms with Gasteiger partial charge in [-0.3, -0.25) is 4.90 Å². The van der Waals surface area contributed by atoms with Crippen LogP contribution in [-0.2, 0) is 9.47 Å². The Kier molecular flexibility index (Phi) is 45.8. The number of aliphatic hydroxyl groups excluding tert-OH is 3. The summed E-state index contributed by atoms with van der Waals surface area (Å²) in [5.74, 6) is 35.8. The zero-order valence-corrected chi connectivity index (χ0v) is 39.1. The van der Waals surface area contributed by atoms with Crippen molar-refractivity contribution in [1.29, 1.82) is 0 Å². The SMILES string of the molecule is C=C=C=C=C=C=C=C=C=C=C=C=C=C=C=CC(O)CN(CCOCCOCCNCC(O)C#CC#CC#CC#CC#CC#CC#CC)CC(O)CCCCCCCCCCCCCCCC.[HH].[HH].[HH].[HH].[HH].[HH].[HH].[HH].[HH].[HH].[HH].[HH].[HH].[HH].[HH].[HH].[HH].[HH].[HH].[HH].[HH].[HH].[HH].[HH].[HH].[HH].[HH].[HH].[HH].[HH].[HH]. The fourth-order valence-electron chi connectivity index (χ4n) is 5.51. The maximum absolute atomic E-state index is 10.9. The molecule has 0 spiro atoms. The fraction of sp³-hybridized carbons (Fsp3) is 0.492. The molecular formula is C59H126N2O5. The molecule has 4 N–H and O–H groups in total. The van der Waals surface area contributed by atoms with Gasteiger partial charge in [-0.1, -0.05) is 120 Å². The van der Waals surface area contributed by atoms with E-state index in [-0.39, 0.29) is 57.3 Å². The molecule has 0 aromatic carbocycles. The Morgan fingerprint density at radius 2 is 1.00 bits per heavy atom. The van der Waals surface area contributed by atoms with E-state index in [1.54, 1.807) is 6.92 Å². The van der Waals surface area contributed by atoms with Crippen LogP contribution in [0, 0.1) is 82.9 Å². The first-order chi connectivity index (χ1) is 32.5. The molecule has 0 saturated carbocycles. The molecule has 0 radical (unpaired) electrons. The molecule has 0 aliphatic carbocycles. The highest BCUT2D eigenvalue weighted by Gasteiger charge is 2.15. The molecular weight excluding hydrogens is 817 g/mol. The van der Waals surface area contributed by atoms with E-state index in [0.717, 1.165) is 12.8 Å². The highest BCUT2D eigenvalue weighted by atomic mass is 16.5. The highest BCUT2D eigenvalue weighted by molar-refractivity contribution is 5.45. The van der Waals surface area contributed by atoms with Gasteiger partial charge in [0.1, 0.15) is 6.10 Å². The van der Waals surface area contributed by atoms with E-state index < -0.39 is 18.3 Å². The van der Waals surface area contributed by atoms with Gasteiger partial charge in [0.15, 0.2) is 0 Å². The van der Waals surface area contributed by atoms with Crippen molar-refractivity contribution in [2.24, 2.45) is 0 Å². The second-order valence-electron chi connectivity index (χ2n) is 14.2. The Morgan fingerprint density at radius 1 is 0.545 bits per heavy atom. The van der Waals surface area contributed by atoms with Crippen LogP contribution in [-0.4, -0.2) is 97.7 Å². The van der Waals surface area contributed by atoms with Crippen molar-refractivity contribution in [2.75, 3.05) is 59.2 Å². The number of hydrogen-bond donors (Lipinski definition) is 4. The lowest BCUT2D eigenvalue weighted by atomic mass is 10.0. The van der Waals surface area contributed by atoms with Gasteiger partial charge < -0.3 is 30.1 Å². The summed E-state index contributed by atoms with van der Waals surface area (Å²) in [6.07, 6.45) is 17.9. The van der Waals surface area contributed by atoms with E-state index in [2.05, 4.69) is 182 Å². The van der Waals surface area contributed by atoms with Crippen molar-refractivity contribution in [1.82, 2.24) is 10.2 Å². The van der Waals surface area contributed by atoms with Crippen molar-refractivity contribution in [3.8, 4) is 82.9 Å². The van der Waals surface area contributed by atoms with E-state index in [4.69, 9.17) is 9.47 Å². The molecule has 66 heavy (non-hydrogen) atoms. The summed E-state index contributed by atoms with van der Waals surface area (Å²) in [7, 11) is 0. The average Bonchev–Trinajstić information content (AvgIpc) is 3.31. The van der Waals surface area contributed by atoms with Crippen LogP contribution in [0.25, 0.3) is 0 Å². The summed E-state index contributed by atoms with van der Waals surface area (Å²) in [5, 5.41) is 34.7. The molecule has 0 aromatic heterocycles. The van der Waals surface area contributed by atoms with E-state index >= 15 is 0 Å². The first kappa shape index (κ1) is 59.3. The molecule has 7 nitrogen and oxygen atoms in total. The van der Waals surface area contributed by atoms with Crippen molar-refractivity contribution < 1.29 is 69.0 Å². The van der Waals surface area contributed by atoms with Crippen LogP contribution < -0.4 is 5.32 Å². The van der Waals surface area contributed by atoms with Crippen molar-refractivity contribution in [3.05, 3.63) is 92.9 Å². The molecule has 0 aliphatic rings. The van der Waals surface area contributed by atoms with Gasteiger partial charge in [0.2, 0.25) is 0 Å². The fourth-order valence-corrected chi connectivity index (χ4v) is 5.51. The van der Waals surface area contributed by atoms with Gasteiger partial charge in [-0.25, -0.2) is 0 Å². The Morgan fingerprint density at radius 3 is 1.52 bits per heavy atom. The number of unbranched alkanes of at least 4 members (excludes halogenated alkanes) is 13. The second kappa shape index (κ2) is 50.9. The normalized spacial score (nSPS) is 9.85.